The summed E-state index contributed by atoms with van der Waals surface area (Å²) >= 11 is 5.97. The Morgan fingerprint density at radius 3 is 2.93 bits per heavy atom. The Morgan fingerprint density at radius 1 is 1.53 bits per heavy atom. The summed E-state index contributed by atoms with van der Waals surface area (Å²) in [5, 5.41) is 10.3. The van der Waals surface area contributed by atoms with Crippen LogP contribution >= 0.6 is 11.6 Å². The average molecular weight is 224 g/mol. The van der Waals surface area contributed by atoms with Crippen molar-refractivity contribution in [3.05, 3.63) is 34.5 Å². The number of halogens is 1. The first kappa shape index (κ1) is 10.1. The number of rotatable bonds is 2. The molecule has 0 aliphatic rings. The Morgan fingerprint density at radius 2 is 2.27 bits per heavy atom. The number of aliphatic carboxylic acids is 1. The number of hydrogen-bond acceptors (Lipinski definition) is 1. The quantitative estimate of drug-likeness (QED) is 0.823. The molecule has 3 nitrogen and oxygen atoms in total. The lowest BCUT2D eigenvalue weighted by Gasteiger charge is -1.98. The number of fused-ring (bicyclic) bond motifs is 1. The minimum Gasteiger partial charge on any atom is -0.481 e. The van der Waals surface area contributed by atoms with Gasteiger partial charge >= 0.3 is 5.97 Å². The summed E-state index contributed by atoms with van der Waals surface area (Å²) in [6.07, 6.45) is 0.00569. The van der Waals surface area contributed by atoms with Crippen LogP contribution in [0.25, 0.3) is 10.9 Å². The summed E-state index contributed by atoms with van der Waals surface area (Å²) < 4.78 is 0. The van der Waals surface area contributed by atoms with Gasteiger partial charge in [-0.15, -0.1) is 0 Å². The third-order valence-electron chi connectivity index (χ3n) is 2.39. The molecule has 0 bridgehead atoms. The minimum atomic E-state index is -0.842. The molecule has 1 aromatic heterocycles. The van der Waals surface area contributed by atoms with Gasteiger partial charge in [0.2, 0.25) is 0 Å². The molecule has 1 heterocycles. The van der Waals surface area contributed by atoms with Crippen molar-refractivity contribution in [3.63, 3.8) is 0 Å². The molecular formula is C11H10ClNO2. The van der Waals surface area contributed by atoms with E-state index in [2.05, 4.69) is 4.98 Å². The van der Waals surface area contributed by atoms with Gasteiger partial charge < -0.3 is 10.1 Å². The van der Waals surface area contributed by atoms with E-state index in [9.17, 15) is 4.79 Å². The molecule has 4 heteroatoms. The maximum absolute atomic E-state index is 10.6. The van der Waals surface area contributed by atoms with Crippen LogP contribution in [0.4, 0.5) is 0 Å². The second-order valence-electron chi connectivity index (χ2n) is 3.50. The standard InChI is InChI=1S/C11H10ClNO2/c1-6-9(12)3-2-7-4-8(5-10(14)15)13-11(6)7/h2-4,13H,5H2,1H3,(H,14,15). The Labute approximate surface area is 91.7 Å². The number of nitrogens with one attached hydrogen (secondary N) is 1. The SMILES string of the molecule is Cc1c(Cl)ccc2cc(CC(=O)O)[nH]c12. The van der Waals surface area contributed by atoms with Crippen LogP contribution in [0, 0.1) is 6.92 Å². The molecule has 2 N–H and O–H groups in total. The number of aryl methyl sites for hydroxylation is 1. The Balaban J connectivity index is 2.56. The van der Waals surface area contributed by atoms with E-state index in [1.54, 1.807) is 0 Å². The highest BCUT2D eigenvalue weighted by atomic mass is 35.5. The Hall–Kier alpha value is -1.48. The molecule has 0 unspecified atom stereocenters. The van der Waals surface area contributed by atoms with Crippen molar-refractivity contribution in [2.45, 2.75) is 13.3 Å². The van der Waals surface area contributed by atoms with Gasteiger partial charge in [0, 0.05) is 16.1 Å². The van der Waals surface area contributed by atoms with Crippen molar-refractivity contribution in [1.29, 1.82) is 0 Å². The fourth-order valence-corrected chi connectivity index (χ4v) is 1.79. The highest BCUT2D eigenvalue weighted by Crippen LogP contribution is 2.25. The predicted molar refractivity (Wildman–Crippen MR) is 59.4 cm³/mol. The van der Waals surface area contributed by atoms with E-state index >= 15 is 0 Å². The second kappa shape index (κ2) is 3.59. The molecule has 0 radical (unpaired) electrons. The van der Waals surface area contributed by atoms with Crippen molar-refractivity contribution < 1.29 is 9.90 Å². The first-order valence-corrected chi connectivity index (χ1v) is 4.94. The van der Waals surface area contributed by atoms with Crippen LogP contribution < -0.4 is 0 Å². The lowest BCUT2D eigenvalue weighted by Crippen LogP contribution is -1.99. The molecule has 0 amide bonds. The number of benzene rings is 1. The van der Waals surface area contributed by atoms with Crippen LogP contribution in [-0.2, 0) is 11.2 Å². The fourth-order valence-electron chi connectivity index (χ4n) is 1.64. The van der Waals surface area contributed by atoms with E-state index in [0.29, 0.717) is 10.7 Å². The number of hydrogen-bond donors (Lipinski definition) is 2. The van der Waals surface area contributed by atoms with Gasteiger partial charge in [0.05, 0.1) is 11.9 Å². The molecular weight excluding hydrogens is 214 g/mol. The zero-order chi connectivity index (χ0) is 11.0. The van der Waals surface area contributed by atoms with Gasteiger partial charge in [-0.05, 0) is 24.6 Å². The summed E-state index contributed by atoms with van der Waals surface area (Å²) in [7, 11) is 0. The summed E-state index contributed by atoms with van der Waals surface area (Å²) in [6.45, 7) is 1.91. The van der Waals surface area contributed by atoms with Gasteiger partial charge in [-0.25, -0.2) is 0 Å². The molecule has 1 aromatic carbocycles. The number of aromatic nitrogens is 1. The molecule has 0 aliphatic carbocycles. The van der Waals surface area contributed by atoms with Gasteiger partial charge in [0.25, 0.3) is 0 Å². The topological polar surface area (TPSA) is 53.1 Å². The van der Waals surface area contributed by atoms with E-state index in [-0.39, 0.29) is 6.42 Å². The van der Waals surface area contributed by atoms with E-state index in [1.807, 2.05) is 25.1 Å². The van der Waals surface area contributed by atoms with Crippen molar-refractivity contribution in [2.75, 3.05) is 0 Å². The fraction of sp³-hybridized carbons (Fsp3) is 0.182. The number of H-pyrrole nitrogens is 1. The lowest BCUT2D eigenvalue weighted by atomic mass is 10.1. The van der Waals surface area contributed by atoms with Crippen molar-refractivity contribution in [2.24, 2.45) is 0 Å². The smallest absolute Gasteiger partial charge is 0.309 e. The minimum absolute atomic E-state index is 0.00569. The molecule has 0 spiro atoms. The van der Waals surface area contributed by atoms with Gasteiger partial charge in [-0.2, -0.15) is 0 Å². The average Bonchev–Trinajstić information content (AvgIpc) is 2.54. The van der Waals surface area contributed by atoms with E-state index in [4.69, 9.17) is 16.7 Å². The van der Waals surface area contributed by atoms with Gasteiger partial charge in [0.15, 0.2) is 0 Å². The highest BCUT2D eigenvalue weighted by Gasteiger charge is 2.08. The molecule has 0 atom stereocenters. The zero-order valence-electron chi connectivity index (χ0n) is 8.17. The first-order valence-electron chi connectivity index (χ1n) is 4.56. The summed E-state index contributed by atoms with van der Waals surface area (Å²) in [5.74, 6) is -0.842. The van der Waals surface area contributed by atoms with Gasteiger partial charge in [0.1, 0.15) is 0 Å². The summed E-state index contributed by atoms with van der Waals surface area (Å²) in [6, 6.07) is 5.54. The van der Waals surface area contributed by atoms with Crippen LogP contribution in [0.15, 0.2) is 18.2 Å². The van der Waals surface area contributed by atoms with Crippen LogP contribution in [-0.4, -0.2) is 16.1 Å². The van der Waals surface area contributed by atoms with Crippen molar-refractivity contribution in [3.8, 4) is 0 Å². The van der Waals surface area contributed by atoms with Crippen molar-refractivity contribution >= 4 is 28.5 Å². The summed E-state index contributed by atoms with van der Waals surface area (Å²) in [5.41, 5.74) is 2.56. The highest BCUT2D eigenvalue weighted by molar-refractivity contribution is 6.32. The monoisotopic (exact) mass is 223 g/mol. The maximum Gasteiger partial charge on any atom is 0.309 e. The zero-order valence-corrected chi connectivity index (χ0v) is 8.93. The maximum atomic E-state index is 10.6. The molecule has 0 saturated carbocycles. The Bertz CT molecular complexity index is 531. The number of carbonyl (C=O) groups is 1. The number of carboxylic acids is 1. The lowest BCUT2D eigenvalue weighted by molar-refractivity contribution is -0.136. The Kier molecular flexibility index (Phi) is 2.40. The molecule has 0 aliphatic heterocycles. The largest absolute Gasteiger partial charge is 0.481 e. The molecule has 78 valence electrons. The van der Waals surface area contributed by atoms with Gasteiger partial charge in [-0.1, -0.05) is 17.7 Å². The van der Waals surface area contributed by atoms with Crippen molar-refractivity contribution in [1.82, 2.24) is 4.98 Å². The molecule has 0 saturated heterocycles. The third-order valence-corrected chi connectivity index (χ3v) is 2.80. The number of carboxylic acid groups (broad SMARTS) is 1. The van der Waals surface area contributed by atoms with E-state index < -0.39 is 5.97 Å². The number of aromatic amines is 1. The molecule has 2 aromatic rings. The van der Waals surface area contributed by atoms with E-state index in [0.717, 1.165) is 16.5 Å². The normalized spacial score (nSPS) is 10.8. The van der Waals surface area contributed by atoms with Crippen LogP contribution in [0.2, 0.25) is 5.02 Å². The first-order chi connectivity index (χ1) is 7.08. The summed E-state index contributed by atoms with van der Waals surface area (Å²) in [4.78, 5) is 13.6. The third kappa shape index (κ3) is 1.83. The molecule has 0 fully saturated rings. The molecule has 15 heavy (non-hydrogen) atoms. The van der Waals surface area contributed by atoms with Crippen LogP contribution in [0.1, 0.15) is 11.3 Å². The van der Waals surface area contributed by atoms with Crippen LogP contribution in [0.5, 0.6) is 0 Å². The van der Waals surface area contributed by atoms with Crippen LogP contribution in [0.3, 0.4) is 0 Å². The van der Waals surface area contributed by atoms with Gasteiger partial charge in [-0.3, -0.25) is 4.79 Å². The predicted octanol–water partition coefficient (Wildman–Crippen LogP) is 2.76. The molecule has 2 rings (SSSR count). The second-order valence-corrected chi connectivity index (χ2v) is 3.91. The van der Waals surface area contributed by atoms with E-state index in [1.165, 1.54) is 0 Å².